The van der Waals surface area contributed by atoms with Gasteiger partial charge in [-0.25, -0.2) is 0 Å². The number of nitrogens with zero attached hydrogens (tertiary/aromatic N) is 1. The van der Waals surface area contributed by atoms with Crippen LogP contribution in [0, 0.1) is 6.92 Å². The molecule has 2 saturated carbocycles. The fourth-order valence-electron chi connectivity index (χ4n) is 4.37. The molecule has 0 saturated heterocycles. The first kappa shape index (κ1) is 18.7. The Kier molecular flexibility index (Phi) is 5.21. The van der Waals surface area contributed by atoms with Gasteiger partial charge < -0.3 is 10.6 Å². The number of carbonyl (C=O) groups excluding carboxylic acids is 2. The zero-order valence-corrected chi connectivity index (χ0v) is 16.5. The number of benzene rings is 2. The quantitative estimate of drug-likeness (QED) is 0.822. The number of primary amides is 1. The average molecular weight is 377 g/mol. The summed E-state index contributed by atoms with van der Waals surface area (Å²) in [6.45, 7) is 2.05. The number of amides is 2. The maximum atomic E-state index is 13.4. The largest absolute Gasteiger partial charge is 0.366 e. The molecular formula is C24H28N2O2. The van der Waals surface area contributed by atoms with Gasteiger partial charge >= 0.3 is 0 Å². The van der Waals surface area contributed by atoms with Gasteiger partial charge in [-0.15, -0.1) is 0 Å². The first-order chi connectivity index (χ1) is 13.5. The summed E-state index contributed by atoms with van der Waals surface area (Å²) in [5.41, 5.74) is 9.73. The molecule has 2 aliphatic rings. The predicted octanol–water partition coefficient (Wildman–Crippen LogP) is 4.70. The molecule has 146 valence electrons. The third-order valence-electron chi connectivity index (χ3n) is 6.11. The Labute approximate surface area is 166 Å². The fraction of sp³-hybridized carbons (Fsp3) is 0.417. The molecule has 2 aromatic carbocycles. The number of hydrogen-bond acceptors (Lipinski definition) is 2. The molecule has 0 radical (unpaired) electrons. The minimum absolute atomic E-state index is 0.171. The highest BCUT2D eigenvalue weighted by atomic mass is 16.2. The van der Waals surface area contributed by atoms with Crippen molar-refractivity contribution in [1.29, 1.82) is 0 Å². The summed E-state index contributed by atoms with van der Waals surface area (Å²) in [6, 6.07) is 14.1. The van der Waals surface area contributed by atoms with Crippen LogP contribution in [0.15, 0.2) is 42.5 Å². The van der Waals surface area contributed by atoms with Gasteiger partial charge in [-0.05, 0) is 73.6 Å². The molecular weight excluding hydrogens is 348 g/mol. The summed E-state index contributed by atoms with van der Waals surface area (Å²) in [5.74, 6) is -0.260. The zero-order chi connectivity index (χ0) is 19.7. The van der Waals surface area contributed by atoms with Crippen LogP contribution in [0.1, 0.15) is 71.2 Å². The van der Waals surface area contributed by atoms with Crippen LogP contribution in [-0.2, 0) is 0 Å². The Hall–Kier alpha value is -2.62. The molecule has 4 rings (SSSR count). The van der Waals surface area contributed by atoms with Gasteiger partial charge in [-0.1, -0.05) is 37.5 Å². The van der Waals surface area contributed by atoms with Crippen molar-refractivity contribution >= 4 is 11.8 Å². The fourth-order valence-corrected chi connectivity index (χ4v) is 4.37. The maximum Gasteiger partial charge on any atom is 0.254 e. The molecule has 2 amide bonds. The molecule has 0 heterocycles. The van der Waals surface area contributed by atoms with E-state index in [0.29, 0.717) is 17.6 Å². The van der Waals surface area contributed by atoms with Crippen LogP contribution in [0.4, 0.5) is 0 Å². The van der Waals surface area contributed by atoms with Gasteiger partial charge in [0.1, 0.15) is 0 Å². The van der Waals surface area contributed by atoms with Crippen molar-refractivity contribution in [1.82, 2.24) is 4.90 Å². The van der Waals surface area contributed by atoms with Gasteiger partial charge in [0.2, 0.25) is 5.91 Å². The molecule has 0 aromatic heterocycles. The van der Waals surface area contributed by atoms with E-state index in [9.17, 15) is 9.59 Å². The average Bonchev–Trinajstić information content (AvgIpc) is 3.54. The summed E-state index contributed by atoms with van der Waals surface area (Å²) in [6.07, 6.45) is 8.29. The lowest BCUT2D eigenvalue weighted by molar-refractivity contribution is 0.0614. The van der Waals surface area contributed by atoms with Crippen molar-refractivity contribution in [3.05, 3.63) is 59.2 Å². The number of rotatable bonds is 5. The standard InChI is InChI=1S/C24H28N2O2/c1-16-7-8-19(15-22(16)17-9-11-18(12-10-17)23(25)27)24(28)26(21-13-14-21)20-5-3-2-4-6-20/h7-12,15,20-21H,2-6,13-14H2,1H3,(H2,25,27). The van der Waals surface area contributed by atoms with Crippen molar-refractivity contribution in [3.8, 4) is 11.1 Å². The zero-order valence-electron chi connectivity index (χ0n) is 16.5. The van der Waals surface area contributed by atoms with Crippen LogP contribution in [0.25, 0.3) is 11.1 Å². The lowest BCUT2D eigenvalue weighted by Gasteiger charge is -2.35. The lowest BCUT2D eigenvalue weighted by atomic mass is 9.92. The second kappa shape index (κ2) is 7.78. The van der Waals surface area contributed by atoms with Crippen molar-refractivity contribution in [3.63, 3.8) is 0 Å². The smallest absolute Gasteiger partial charge is 0.254 e. The van der Waals surface area contributed by atoms with Gasteiger partial charge in [0.25, 0.3) is 5.91 Å². The van der Waals surface area contributed by atoms with E-state index in [1.165, 1.54) is 19.3 Å². The molecule has 28 heavy (non-hydrogen) atoms. The normalized spacial score (nSPS) is 17.3. The highest BCUT2D eigenvalue weighted by Gasteiger charge is 2.38. The Balaban J connectivity index is 1.63. The molecule has 0 atom stereocenters. The summed E-state index contributed by atoms with van der Waals surface area (Å²) >= 11 is 0. The van der Waals surface area contributed by atoms with Crippen molar-refractivity contribution in [2.24, 2.45) is 5.73 Å². The van der Waals surface area contributed by atoms with Crippen LogP contribution in [0.2, 0.25) is 0 Å². The Morgan fingerprint density at radius 2 is 1.46 bits per heavy atom. The van der Waals surface area contributed by atoms with Gasteiger partial charge in [-0.3, -0.25) is 9.59 Å². The Bertz CT molecular complexity index is 878. The van der Waals surface area contributed by atoms with Crippen molar-refractivity contribution in [2.75, 3.05) is 0 Å². The van der Waals surface area contributed by atoms with Gasteiger partial charge in [0.05, 0.1) is 0 Å². The van der Waals surface area contributed by atoms with Crippen LogP contribution in [0.5, 0.6) is 0 Å². The van der Waals surface area contributed by atoms with E-state index in [0.717, 1.165) is 47.9 Å². The van der Waals surface area contributed by atoms with Crippen LogP contribution < -0.4 is 5.73 Å². The van der Waals surface area contributed by atoms with E-state index < -0.39 is 5.91 Å². The Morgan fingerprint density at radius 1 is 0.857 bits per heavy atom. The number of nitrogens with two attached hydrogens (primary N) is 1. The first-order valence-corrected chi connectivity index (χ1v) is 10.4. The van der Waals surface area contributed by atoms with Crippen LogP contribution >= 0.6 is 0 Å². The van der Waals surface area contributed by atoms with Crippen LogP contribution in [0.3, 0.4) is 0 Å². The van der Waals surface area contributed by atoms with E-state index >= 15 is 0 Å². The molecule has 2 aromatic rings. The molecule has 0 bridgehead atoms. The third kappa shape index (κ3) is 3.82. The minimum atomic E-state index is -0.431. The predicted molar refractivity (Wildman–Crippen MR) is 111 cm³/mol. The summed E-state index contributed by atoms with van der Waals surface area (Å²) in [7, 11) is 0. The maximum absolute atomic E-state index is 13.4. The molecule has 0 aliphatic heterocycles. The van der Waals surface area contributed by atoms with Gasteiger partial charge in [0, 0.05) is 23.2 Å². The second-order valence-corrected chi connectivity index (χ2v) is 8.21. The van der Waals surface area contributed by atoms with E-state index in [-0.39, 0.29) is 5.91 Å². The second-order valence-electron chi connectivity index (χ2n) is 8.21. The van der Waals surface area contributed by atoms with E-state index in [1.807, 2.05) is 37.3 Å². The van der Waals surface area contributed by atoms with Crippen LogP contribution in [-0.4, -0.2) is 28.8 Å². The third-order valence-corrected chi connectivity index (χ3v) is 6.11. The van der Waals surface area contributed by atoms with Crippen molar-refractivity contribution < 1.29 is 9.59 Å². The molecule has 0 spiro atoms. The highest BCUT2D eigenvalue weighted by Crippen LogP contribution is 2.35. The molecule has 0 unspecified atom stereocenters. The van der Waals surface area contributed by atoms with E-state index in [2.05, 4.69) is 4.90 Å². The molecule has 4 nitrogen and oxygen atoms in total. The monoisotopic (exact) mass is 376 g/mol. The number of hydrogen-bond donors (Lipinski definition) is 1. The highest BCUT2D eigenvalue weighted by molar-refractivity contribution is 5.97. The molecule has 4 heteroatoms. The Morgan fingerprint density at radius 3 is 2.07 bits per heavy atom. The van der Waals surface area contributed by atoms with E-state index in [4.69, 9.17) is 5.73 Å². The first-order valence-electron chi connectivity index (χ1n) is 10.4. The van der Waals surface area contributed by atoms with Gasteiger partial charge in [0.15, 0.2) is 0 Å². The summed E-state index contributed by atoms with van der Waals surface area (Å²) in [4.78, 5) is 26.9. The molecule has 2 fully saturated rings. The minimum Gasteiger partial charge on any atom is -0.366 e. The van der Waals surface area contributed by atoms with E-state index in [1.54, 1.807) is 12.1 Å². The lowest BCUT2D eigenvalue weighted by Crippen LogP contribution is -2.43. The SMILES string of the molecule is Cc1ccc(C(=O)N(C2CCCCC2)C2CC2)cc1-c1ccc(C(N)=O)cc1. The topological polar surface area (TPSA) is 63.4 Å². The summed E-state index contributed by atoms with van der Waals surface area (Å²) in [5, 5.41) is 0. The number of carbonyl (C=O) groups is 2. The summed E-state index contributed by atoms with van der Waals surface area (Å²) < 4.78 is 0. The molecule has 2 aliphatic carbocycles. The van der Waals surface area contributed by atoms with Gasteiger partial charge in [-0.2, -0.15) is 0 Å². The van der Waals surface area contributed by atoms with Crippen molar-refractivity contribution in [2.45, 2.75) is 64.0 Å². The number of aryl methyl sites for hydroxylation is 1. The molecule has 2 N–H and O–H groups in total.